The zero-order valence-electron chi connectivity index (χ0n) is 10.6. The van der Waals surface area contributed by atoms with E-state index in [4.69, 9.17) is 4.74 Å². The predicted molar refractivity (Wildman–Crippen MR) is 69.5 cm³/mol. The highest BCUT2D eigenvalue weighted by Gasteiger charge is 2.01. The molecule has 0 aromatic heterocycles. The molecule has 92 valence electrons. The van der Waals surface area contributed by atoms with Gasteiger partial charge in [0, 0.05) is 6.54 Å². The fourth-order valence-electron chi connectivity index (χ4n) is 1.50. The molecule has 0 aliphatic heterocycles. The number of hydrogen-bond acceptors (Lipinski definition) is 3. The predicted octanol–water partition coefficient (Wildman–Crippen LogP) is 2.32. The summed E-state index contributed by atoms with van der Waals surface area (Å²) in [6.45, 7) is 3.35. The number of allylic oxidation sites excluding steroid dienone is 1. The van der Waals surface area contributed by atoms with Crippen LogP contribution in [0.3, 0.4) is 0 Å². The number of benzene rings is 1. The Kier molecular flexibility index (Phi) is 5.43. The van der Waals surface area contributed by atoms with E-state index in [9.17, 15) is 4.79 Å². The van der Waals surface area contributed by atoms with Crippen LogP contribution in [0.2, 0.25) is 0 Å². The van der Waals surface area contributed by atoms with Gasteiger partial charge in [0.2, 0.25) is 0 Å². The van der Waals surface area contributed by atoms with Crippen molar-refractivity contribution in [1.82, 2.24) is 4.90 Å². The van der Waals surface area contributed by atoms with E-state index in [-0.39, 0.29) is 0 Å². The Bertz CT molecular complexity index is 380. The van der Waals surface area contributed by atoms with E-state index in [0.717, 1.165) is 18.4 Å². The first-order valence-electron chi connectivity index (χ1n) is 5.68. The van der Waals surface area contributed by atoms with Crippen LogP contribution in [-0.4, -0.2) is 31.9 Å². The van der Waals surface area contributed by atoms with Crippen molar-refractivity contribution >= 4 is 11.9 Å². The molecule has 0 fully saturated rings. The highest BCUT2D eigenvalue weighted by Crippen LogP contribution is 2.14. The molecular formula is C14H19NO2. The zero-order valence-corrected chi connectivity index (χ0v) is 10.6. The summed E-state index contributed by atoms with van der Waals surface area (Å²) in [5.41, 5.74) is 2.68. The number of hydrogen-bond donors (Lipinski definition) is 0. The van der Waals surface area contributed by atoms with Gasteiger partial charge in [-0.1, -0.05) is 24.3 Å². The molecule has 0 spiro atoms. The van der Waals surface area contributed by atoms with Crippen LogP contribution in [0.4, 0.5) is 0 Å². The molecule has 17 heavy (non-hydrogen) atoms. The van der Waals surface area contributed by atoms with Crippen LogP contribution in [-0.2, 0) is 16.1 Å². The van der Waals surface area contributed by atoms with Crippen LogP contribution in [0.5, 0.6) is 0 Å². The maximum absolute atomic E-state index is 10.9. The van der Waals surface area contributed by atoms with Crippen molar-refractivity contribution in [2.45, 2.75) is 13.5 Å². The summed E-state index contributed by atoms with van der Waals surface area (Å²) in [6.07, 6.45) is 2.32. The fourth-order valence-corrected chi connectivity index (χ4v) is 1.50. The number of aldehydes is 1. The van der Waals surface area contributed by atoms with E-state index in [1.54, 1.807) is 0 Å². The van der Waals surface area contributed by atoms with Gasteiger partial charge in [0.15, 0.2) is 6.29 Å². The van der Waals surface area contributed by atoms with Crippen LogP contribution in [0.1, 0.15) is 18.1 Å². The third-order valence-electron chi connectivity index (χ3n) is 2.29. The van der Waals surface area contributed by atoms with Crippen molar-refractivity contribution in [3.05, 3.63) is 41.7 Å². The minimum atomic E-state index is 0.566. The first-order chi connectivity index (χ1) is 8.17. The second-order valence-corrected chi connectivity index (χ2v) is 4.08. The number of ether oxygens (including phenoxy) is 1. The molecule has 0 N–H and O–H groups in total. The van der Waals surface area contributed by atoms with Crippen molar-refractivity contribution in [2.24, 2.45) is 0 Å². The minimum Gasteiger partial charge on any atom is -0.501 e. The van der Waals surface area contributed by atoms with Gasteiger partial charge in [0.1, 0.15) is 0 Å². The van der Waals surface area contributed by atoms with Gasteiger partial charge in [0.25, 0.3) is 0 Å². The number of rotatable bonds is 6. The van der Waals surface area contributed by atoms with Crippen LogP contribution in [0, 0.1) is 0 Å². The Morgan fingerprint density at radius 1 is 1.29 bits per heavy atom. The fraction of sp³-hybridized carbons (Fsp3) is 0.357. The first kappa shape index (κ1) is 13.5. The quantitative estimate of drug-likeness (QED) is 0.429. The van der Waals surface area contributed by atoms with Gasteiger partial charge in [-0.3, -0.25) is 4.79 Å². The summed E-state index contributed by atoms with van der Waals surface area (Å²) in [6, 6.07) is 7.94. The molecule has 1 rings (SSSR count). The summed E-state index contributed by atoms with van der Waals surface area (Å²) in [5, 5.41) is 0. The molecule has 0 heterocycles. The second kappa shape index (κ2) is 6.86. The maximum atomic E-state index is 10.9. The van der Waals surface area contributed by atoms with Crippen molar-refractivity contribution in [3.8, 4) is 0 Å². The lowest BCUT2D eigenvalue weighted by Crippen LogP contribution is -2.10. The van der Waals surface area contributed by atoms with Gasteiger partial charge in [-0.15, -0.1) is 0 Å². The Morgan fingerprint density at radius 3 is 2.41 bits per heavy atom. The Labute approximate surface area is 103 Å². The summed E-state index contributed by atoms with van der Waals surface area (Å²) >= 11 is 0. The lowest BCUT2D eigenvalue weighted by atomic mass is 10.1. The standard InChI is InChI=1S/C14H19NO2/c1-4-17-11-14(10-16)13-7-5-12(6-8-13)9-15(2)3/h5-8,10-11H,4,9H2,1-3H3/b14-11-. The highest BCUT2D eigenvalue weighted by molar-refractivity contribution is 6.06. The van der Waals surface area contributed by atoms with Crippen molar-refractivity contribution in [2.75, 3.05) is 20.7 Å². The minimum absolute atomic E-state index is 0.566. The highest BCUT2D eigenvalue weighted by atomic mass is 16.5. The van der Waals surface area contributed by atoms with Crippen molar-refractivity contribution < 1.29 is 9.53 Å². The van der Waals surface area contributed by atoms with E-state index in [1.165, 1.54) is 11.8 Å². The zero-order chi connectivity index (χ0) is 12.7. The van der Waals surface area contributed by atoms with Gasteiger partial charge in [-0.05, 0) is 32.1 Å². The molecule has 0 aliphatic rings. The van der Waals surface area contributed by atoms with Gasteiger partial charge < -0.3 is 9.64 Å². The maximum Gasteiger partial charge on any atom is 0.153 e. The second-order valence-electron chi connectivity index (χ2n) is 4.08. The summed E-state index contributed by atoms with van der Waals surface area (Å²) < 4.78 is 5.13. The van der Waals surface area contributed by atoms with E-state index in [0.29, 0.717) is 12.2 Å². The van der Waals surface area contributed by atoms with E-state index < -0.39 is 0 Å². The Balaban J connectivity index is 2.81. The Hall–Kier alpha value is -1.61. The van der Waals surface area contributed by atoms with Crippen LogP contribution in [0.25, 0.3) is 5.57 Å². The Morgan fingerprint density at radius 2 is 1.94 bits per heavy atom. The van der Waals surface area contributed by atoms with Gasteiger partial charge in [-0.25, -0.2) is 0 Å². The van der Waals surface area contributed by atoms with Gasteiger partial charge in [0.05, 0.1) is 18.4 Å². The monoisotopic (exact) mass is 233 g/mol. The molecule has 0 bridgehead atoms. The third kappa shape index (κ3) is 4.41. The van der Waals surface area contributed by atoms with Crippen molar-refractivity contribution in [3.63, 3.8) is 0 Å². The molecule has 0 unspecified atom stereocenters. The van der Waals surface area contributed by atoms with Gasteiger partial charge in [-0.2, -0.15) is 0 Å². The first-order valence-corrected chi connectivity index (χ1v) is 5.68. The molecule has 0 saturated carbocycles. The molecule has 0 radical (unpaired) electrons. The number of nitrogens with zero attached hydrogens (tertiary/aromatic N) is 1. The molecule has 3 heteroatoms. The summed E-state index contributed by atoms with van der Waals surface area (Å²) in [5.74, 6) is 0. The molecule has 1 aromatic carbocycles. The normalized spacial score (nSPS) is 11.6. The third-order valence-corrected chi connectivity index (χ3v) is 2.29. The molecule has 0 aliphatic carbocycles. The molecule has 0 saturated heterocycles. The molecule has 1 aromatic rings. The number of carbonyl (C=O) groups is 1. The molecule has 3 nitrogen and oxygen atoms in total. The summed E-state index contributed by atoms with van der Waals surface area (Å²) in [7, 11) is 4.06. The molecule has 0 amide bonds. The SMILES string of the molecule is CCO/C=C(/C=O)c1ccc(CN(C)C)cc1. The van der Waals surface area contributed by atoms with Crippen LogP contribution < -0.4 is 0 Å². The average molecular weight is 233 g/mol. The number of carbonyl (C=O) groups excluding carboxylic acids is 1. The van der Waals surface area contributed by atoms with E-state index in [1.807, 2.05) is 45.3 Å². The lowest BCUT2D eigenvalue weighted by Gasteiger charge is -2.10. The largest absolute Gasteiger partial charge is 0.501 e. The molecular weight excluding hydrogens is 214 g/mol. The smallest absolute Gasteiger partial charge is 0.153 e. The lowest BCUT2D eigenvalue weighted by molar-refractivity contribution is -0.103. The van der Waals surface area contributed by atoms with Crippen LogP contribution >= 0.6 is 0 Å². The van der Waals surface area contributed by atoms with Gasteiger partial charge >= 0.3 is 0 Å². The summed E-state index contributed by atoms with van der Waals surface area (Å²) in [4.78, 5) is 13.0. The van der Waals surface area contributed by atoms with E-state index >= 15 is 0 Å². The van der Waals surface area contributed by atoms with Crippen molar-refractivity contribution in [1.29, 1.82) is 0 Å². The van der Waals surface area contributed by atoms with E-state index in [2.05, 4.69) is 4.90 Å². The molecule has 0 atom stereocenters. The van der Waals surface area contributed by atoms with Crippen LogP contribution in [0.15, 0.2) is 30.5 Å². The topological polar surface area (TPSA) is 29.5 Å². The average Bonchev–Trinajstić information content (AvgIpc) is 2.31.